The molecule has 0 aliphatic carbocycles. The summed E-state index contributed by atoms with van der Waals surface area (Å²) in [4.78, 5) is 11.8. The summed E-state index contributed by atoms with van der Waals surface area (Å²) in [6.07, 6.45) is 5.16. The predicted molar refractivity (Wildman–Crippen MR) is 56.8 cm³/mol. The van der Waals surface area contributed by atoms with Crippen molar-refractivity contribution in [2.45, 2.75) is 4.90 Å². The summed E-state index contributed by atoms with van der Waals surface area (Å²) < 4.78 is 4.02. The average Bonchev–Trinajstić information content (AvgIpc) is 2.41. The molecular formula is C10H7NO2S. The van der Waals surface area contributed by atoms with Gasteiger partial charge in [0.1, 0.15) is 0 Å². The number of carboxylic acid groups (broad SMARTS) is 1. The molecule has 0 amide bonds. The number of fused-ring (bicyclic) bond motifs is 1. The van der Waals surface area contributed by atoms with Crippen molar-refractivity contribution >= 4 is 30.2 Å². The fourth-order valence-corrected chi connectivity index (χ4v) is 1.90. The van der Waals surface area contributed by atoms with E-state index in [9.17, 15) is 4.79 Å². The number of nitrogens with zero attached hydrogens (tertiary/aromatic N) is 1. The fraction of sp³-hybridized carbons (Fsp3) is 0. The van der Waals surface area contributed by atoms with E-state index >= 15 is 0 Å². The van der Waals surface area contributed by atoms with Crippen LogP contribution in [0.5, 0.6) is 0 Å². The van der Waals surface area contributed by atoms with Crippen LogP contribution in [0.1, 0.15) is 15.9 Å². The van der Waals surface area contributed by atoms with Gasteiger partial charge < -0.3 is 5.11 Å². The zero-order chi connectivity index (χ0) is 9.97. The Kier molecular flexibility index (Phi) is 2.37. The maximum atomic E-state index is 10.9. The number of benzene rings is 1. The number of hydrogen-bond acceptors (Lipinski definition) is 3. The van der Waals surface area contributed by atoms with Crippen molar-refractivity contribution in [1.29, 1.82) is 0 Å². The number of carbonyl (C=O) groups is 1. The van der Waals surface area contributed by atoms with Crippen LogP contribution in [-0.4, -0.2) is 17.3 Å². The van der Waals surface area contributed by atoms with E-state index in [-0.39, 0.29) is 0 Å². The predicted octanol–water partition coefficient (Wildman–Crippen LogP) is 2.49. The summed E-state index contributed by atoms with van der Waals surface area (Å²) in [5.74, 6) is -0.908. The Hall–Kier alpha value is -1.55. The molecular weight excluding hydrogens is 198 g/mol. The Labute approximate surface area is 85.3 Å². The topological polar surface area (TPSA) is 49.7 Å². The second-order valence-electron chi connectivity index (χ2n) is 2.73. The lowest BCUT2D eigenvalue weighted by molar-refractivity contribution is 0.0696. The maximum Gasteiger partial charge on any atom is 0.336 e. The average molecular weight is 205 g/mol. The van der Waals surface area contributed by atoms with Crippen molar-refractivity contribution in [2.24, 2.45) is 4.40 Å². The molecule has 1 N–H and O–H groups in total. The van der Waals surface area contributed by atoms with Gasteiger partial charge in [-0.3, -0.25) is 0 Å². The molecule has 0 radical (unpaired) electrons. The maximum absolute atomic E-state index is 10.9. The van der Waals surface area contributed by atoms with Crippen LogP contribution in [0.15, 0.2) is 33.6 Å². The van der Waals surface area contributed by atoms with Gasteiger partial charge in [0.25, 0.3) is 0 Å². The molecule has 0 atom stereocenters. The molecule has 1 heterocycles. The molecule has 1 aromatic rings. The fourth-order valence-electron chi connectivity index (χ4n) is 1.24. The van der Waals surface area contributed by atoms with Crippen molar-refractivity contribution < 1.29 is 9.90 Å². The first-order valence-corrected chi connectivity index (χ1v) is 4.80. The van der Waals surface area contributed by atoms with Gasteiger partial charge in [0, 0.05) is 28.6 Å². The smallest absolute Gasteiger partial charge is 0.336 e. The molecule has 70 valence electrons. The minimum atomic E-state index is -0.908. The second-order valence-corrected chi connectivity index (χ2v) is 3.56. The Bertz CT molecular complexity index is 438. The van der Waals surface area contributed by atoms with E-state index in [1.54, 1.807) is 30.5 Å². The summed E-state index contributed by atoms with van der Waals surface area (Å²) in [5, 5.41) is 8.95. The number of rotatable bonds is 1. The van der Waals surface area contributed by atoms with E-state index in [1.165, 1.54) is 11.9 Å². The summed E-state index contributed by atoms with van der Waals surface area (Å²) in [7, 11) is 0. The summed E-state index contributed by atoms with van der Waals surface area (Å²) in [5.41, 5.74) is 1.04. The lowest BCUT2D eigenvalue weighted by Crippen LogP contribution is -1.99. The van der Waals surface area contributed by atoms with E-state index in [2.05, 4.69) is 4.40 Å². The quantitative estimate of drug-likeness (QED) is 0.716. The third kappa shape index (κ3) is 1.56. The van der Waals surface area contributed by atoms with E-state index in [1.807, 2.05) is 6.07 Å². The van der Waals surface area contributed by atoms with Crippen molar-refractivity contribution in [3.05, 3.63) is 35.4 Å². The second kappa shape index (κ2) is 3.67. The summed E-state index contributed by atoms with van der Waals surface area (Å²) in [6.45, 7) is 0. The van der Waals surface area contributed by atoms with Crippen LogP contribution in [-0.2, 0) is 0 Å². The summed E-state index contributed by atoms with van der Waals surface area (Å²) >= 11 is 1.28. The molecule has 14 heavy (non-hydrogen) atoms. The Morgan fingerprint density at radius 3 is 3.07 bits per heavy atom. The van der Waals surface area contributed by atoms with Gasteiger partial charge in [-0.15, -0.1) is 0 Å². The van der Waals surface area contributed by atoms with E-state index in [4.69, 9.17) is 5.11 Å². The minimum absolute atomic E-state index is 0.316. The molecule has 0 aromatic heterocycles. The first kappa shape index (κ1) is 9.02. The van der Waals surface area contributed by atoms with Crippen molar-refractivity contribution in [1.82, 2.24) is 0 Å². The lowest BCUT2D eigenvalue weighted by Gasteiger charge is -2.04. The van der Waals surface area contributed by atoms with Gasteiger partial charge >= 0.3 is 5.97 Å². The molecule has 3 nitrogen and oxygen atoms in total. The minimum Gasteiger partial charge on any atom is -0.478 e. The highest BCUT2D eigenvalue weighted by molar-refractivity contribution is 7.98. The van der Waals surface area contributed by atoms with Crippen LogP contribution in [0, 0.1) is 0 Å². The Balaban J connectivity index is 2.61. The third-order valence-corrected chi connectivity index (χ3v) is 2.64. The highest BCUT2D eigenvalue weighted by Gasteiger charge is 2.12. The van der Waals surface area contributed by atoms with Gasteiger partial charge in [0.2, 0.25) is 0 Å². The normalized spacial score (nSPS) is 13.4. The molecule has 0 unspecified atom stereocenters. The highest BCUT2D eigenvalue weighted by atomic mass is 32.2. The molecule has 4 heteroatoms. The number of allylic oxidation sites excluding steroid dienone is 1. The van der Waals surface area contributed by atoms with E-state index in [0.717, 1.165) is 10.5 Å². The lowest BCUT2D eigenvalue weighted by atomic mass is 10.1. The Morgan fingerprint density at radius 2 is 2.29 bits per heavy atom. The largest absolute Gasteiger partial charge is 0.478 e. The SMILES string of the molecule is O=C(O)c1cccc2c1C=CC=NS2. The zero-order valence-electron chi connectivity index (χ0n) is 7.18. The monoisotopic (exact) mass is 205 g/mol. The molecule has 1 aliphatic rings. The third-order valence-electron chi connectivity index (χ3n) is 1.86. The summed E-state index contributed by atoms with van der Waals surface area (Å²) in [6, 6.07) is 5.18. The highest BCUT2D eigenvalue weighted by Crippen LogP contribution is 2.28. The van der Waals surface area contributed by atoms with Crippen LogP contribution >= 0.6 is 11.9 Å². The van der Waals surface area contributed by atoms with Crippen LogP contribution in [0.2, 0.25) is 0 Å². The molecule has 0 saturated carbocycles. The van der Waals surface area contributed by atoms with Gasteiger partial charge in [0.15, 0.2) is 0 Å². The number of carboxylic acids is 1. The first-order valence-electron chi connectivity index (χ1n) is 4.02. The molecule has 0 saturated heterocycles. The number of hydrogen-bond donors (Lipinski definition) is 1. The van der Waals surface area contributed by atoms with Crippen molar-refractivity contribution in [3.63, 3.8) is 0 Å². The van der Waals surface area contributed by atoms with Crippen LogP contribution < -0.4 is 0 Å². The van der Waals surface area contributed by atoms with Gasteiger partial charge in [-0.25, -0.2) is 9.19 Å². The standard InChI is InChI=1S/C10H7NO2S/c12-10(13)8-3-1-5-9-7(8)4-2-6-11-14-9/h1-6H,(H,12,13). The van der Waals surface area contributed by atoms with Crippen molar-refractivity contribution in [2.75, 3.05) is 0 Å². The van der Waals surface area contributed by atoms with Gasteiger partial charge in [-0.2, -0.15) is 0 Å². The molecule has 0 bridgehead atoms. The van der Waals surface area contributed by atoms with Gasteiger partial charge in [-0.05, 0) is 18.2 Å². The van der Waals surface area contributed by atoms with E-state index in [0.29, 0.717) is 5.56 Å². The molecule has 0 spiro atoms. The van der Waals surface area contributed by atoms with Gasteiger partial charge in [0.05, 0.1) is 5.56 Å². The van der Waals surface area contributed by atoms with Crippen LogP contribution in [0.3, 0.4) is 0 Å². The molecule has 0 fully saturated rings. The van der Waals surface area contributed by atoms with Crippen molar-refractivity contribution in [3.8, 4) is 0 Å². The zero-order valence-corrected chi connectivity index (χ0v) is 7.99. The van der Waals surface area contributed by atoms with Crippen LogP contribution in [0.4, 0.5) is 0 Å². The first-order chi connectivity index (χ1) is 6.79. The van der Waals surface area contributed by atoms with Crippen LogP contribution in [0.25, 0.3) is 6.08 Å². The molecule has 1 aromatic carbocycles. The molecule has 2 rings (SSSR count). The Morgan fingerprint density at radius 1 is 1.43 bits per heavy atom. The molecule has 1 aliphatic heterocycles. The number of aromatic carboxylic acids is 1. The van der Waals surface area contributed by atoms with E-state index < -0.39 is 5.97 Å². The van der Waals surface area contributed by atoms with Gasteiger partial charge in [-0.1, -0.05) is 12.1 Å².